The number of anilines is 1. The number of para-hydroxylation sites is 1. The van der Waals surface area contributed by atoms with Gasteiger partial charge in [0.05, 0.1) is 23.0 Å². The lowest BCUT2D eigenvalue weighted by atomic mass is 10.1. The molecule has 7 nitrogen and oxygen atoms in total. The first-order chi connectivity index (χ1) is 13.9. The van der Waals surface area contributed by atoms with Crippen molar-refractivity contribution in [3.05, 3.63) is 65.7 Å². The third-order valence-corrected chi connectivity index (χ3v) is 6.94. The Bertz CT molecular complexity index is 994. The average molecular weight is 413 g/mol. The molecule has 0 aromatic heterocycles. The number of hydrogen-bond acceptors (Lipinski definition) is 5. The molecule has 1 aliphatic heterocycles. The van der Waals surface area contributed by atoms with Crippen molar-refractivity contribution in [2.24, 2.45) is 0 Å². The van der Waals surface area contributed by atoms with E-state index in [1.54, 1.807) is 43.3 Å². The van der Waals surface area contributed by atoms with Crippen LogP contribution in [0.2, 0.25) is 0 Å². The zero-order valence-corrected chi connectivity index (χ0v) is 17.1. The zero-order chi connectivity index (χ0) is 20.9. The molecule has 152 valence electrons. The van der Waals surface area contributed by atoms with E-state index in [9.17, 15) is 13.2 Å². The molecule has 1 fully saturated rings. The predicted molar refractivity (Wildman–Crippen MR) is 111 cm³/mol. The van der Waals surface area contributed by atoms with Gasteiger partial charge in [-0.25, -0.2) is 8.42 Å². The van der Waals surface area contributed by atoms with E-state index in [0.717, 1.165) is 5.56 Å². The van der Waals surface area contributed by atoms with Gasteiger partial charge < -0.3 is 5.32 Å². The Kier molecular flexibility index (Phi) is 6.64. The minimum absolute atomic E-state index is 0.0190. The van der Waals surface area contributed by atoms with Gasteiger partial charge in [0.2, 0.25) is 15.9 Å². The summed E-state index contributed by atoms with van der Waals surface area (Å²) in [6.45, 7) is 3.44. The Morgan fingerprint density at radius 1 is 1.07 bits per heavy atom. The van der Waals surface area contributed by atoms with Crippen molar-refractivity contribution in [3.63, 3.8) is 0 Å². The maximum absolute atomic E-state index is 12.7. The van der Waals surface area contributed by atoms with E-state index in [-0.39, 0.29) is 11.7 Å². The third kappa shape index (κ3) is 5.21. The molecule has 0 radical (unpaired) electrons. The molecule has 8 heteroatoms. The number of nitrogens with zero attached hydrogens (tertiary/aromatic N) is 3. The molecule has 1 saturated heterocycles. The van der Waals surface area contributed by atoms with Crippen LogP contribution in [0.1, 0.15) is 18.1 Å². The first kappa shape index (κ1) is 21.0. The second-order valence-corrected chi connectivity index (χ2v) is 8.97. The van der Waals surface area contributed by atoms with Crippen LogP contribution >= 0.6 is 0 Å². The topological polar surface area (TPSA) is 93.5 Å². The number of carbonyl (C=O) groups is 1. The molecule has 0 unspecified atom stereocenters. The van der Waals surface area contributed by atoms with Crippen LogP contribution in [0, 0.1) is 11.3 Å². The monoisotopic (exact) mass is 412 g/mol. The molecular weight excluding hydrogens is 388 g/mol. The number of hydrogen-bond donors (Lipinski definition) is 1. The zero-order valence-electron chi connectivity index (χ0n) is 16.3. The van der Waals surface area contributed by atoms with Gasteiger partial charge >= 0.3 is 0 Å². The second kappa shape index (κ2) is 9.18. The van der Waals surface area contributed by atoms with E-state index < -0.39 is 16.1 Å². The van der Waals surface area contributed by atoms with E-state index in [1.165, 1.54) is 4.31 Å². The Labute approximate surface area is 171 Å². The molecule has 0 aliphatic carbocycles. The number of carbonyl (C=O) groups excluding carboxylic acids is 1. The number of amides is 1. The Hall–Kier alpha value is -2.73. The normalized spacial score (nSPS) is 16.7. The van der Waals surface area contributed by atoms with Crippen LogP contribution < -0.4 is 5.32 Å². The Balaban J connectivity index is 1.57. The fourth-order valence-electron chi connectivity index (χ4n) is 3.34. The molecule has 3 rings (SSSR count). The van der Waals surface area contributed by atoms with Crippen LogP contribution in [0.3, 0.4) is 0 Å². The minimum atomic E-state index is -3.39. The highest BCUT2D eigenvalue weighted by atomic mass is 32.2. The molecule has 1 N–H and O–H groups in total. The van der Waals surface area contributed by atoms with E-state index in [0.29, 0.717) is 37.4 Å². The predicted octanol–water partition coefficient (Wildman–Crippen LogP) is 2.03. The molecule has 1 heterocycles. The van der Waals surface area contributed by atoms with E-state index in [2.05, 4.69) is 11.4 Å². The fourth-order valence-corrected chi connectivity index (χ4v) is 4.85. The van der Waals surface area contributed by atoms with Crippen LogP contribution in [-0.4, -0.2) is 55.8 Å². The molecule has 1 amide bonds. The van der Waals surface area contributed by atoms with Crippen LogP contribution in [0.4, 0.5) is 5.69 Å². The van der Waals surface area contributed by atoms with Gasteiger partial charge in [-0.2, -0.15) is 9.57 Å². The number of piperazine rings is 1. The Morgan fingerprint density at radius 3 is 2.34 bits per heavy atom. The molecule has 0 bridgehead atoms. The van der Waals surface area contributed by atoms with Crippen molar-refractivity contribution in [1.29, 1.82) is 5.26 Å². The standard InChI is InChI=1S/C21H24N4O3S/c1-17(21(26)23-20-10-6-5-9-19(20)15-22)24-11-13-25(14-12-24)29(27,28)16-18-7-3-2-4-8-18/h2-10,17H,11-14,16H2,1H3,(H,23,26)/t17-/m0/s1. The number of sulfonamides is 1. The van der Waals surface area contributed by atoms with Crippen molar-refractivity contribution in [2.75, 3.05) is 31.5 Å². The minimum Gasteiger partial charge on any atom is -0.324 e. The molecule has 0 spiro atoms. The highest BCUT2D eigenvalue weighted by Crippen LogP contribution is 2.17. The Morgan fingerprint density at radius 2 is 1.69 bits per heavy atom. The van der Waals surface area contributed by atoms with E-state index >= 15 is 0 Å². The summed E-state index contributed by atoms with van der Waals surface area (Å²) in [6, 6.07) is 17.6. The van der Waals surface area contributed by atoms with Gasteiger partial charge in [-0.15, -0.1) is 0 Å². The van der Waals surface area contributed by atoms with Gasteiger partial charge in [-0.05, 0) is 24.6 Å². The number of benzene rings is 2. The third-order valence-electron chi connectivity index (χ3n) is 5.09. The van der Waals surface area contributed by atoms with Crippen LogP contribution in [0.5, 0.6) is 0 Å². The van der Waals surface area contributed by atoms with Crippen molar-refractivity contribution in [2.45, 2.75) is 18.7 Å². The summed E-state index contributed by atoms with van der Waals surface area (Å²) in [5.41, 5.74) is 1.65. The van der Waals surface area contributed by atoms with Gasteiger partial charge in [0, 0.05) is 26.2 Å². The maximum atomic E-state index is 12.7. The highest BCUT2D eigenvalue weighted by Gasteiger charge is 2.31. The lowest BCUT2D eigenvalue weighted by Crippen LogP contribution is -2.54. The van der Waals surface area contributed by atoms with Gasteiger partial charge in [0.25, 0.3) is 0 Å². The largest absolute Gasteiger partial charge is 0.324 e. The summed E-state index contributed by atoms with van der Waals surface area (Å²) in [5.74, 6) is -0.234. The molecule has 1 atom stereocenters. The van der Waals surface area contributed by atoms with E-state index in [4.69, 9.17) is 5.26 Å². The quantitative estimate of drug-likeness (QED) is 0.784. The van der Waals surface area contributed by atoms with Crippen molar-refractivity contribution >= 4 is 21.6 Å². The smallest absolute Gasteiger partial charge is 0.241 e. The molecule has 1 aliphatic rings. The molecular formula is C21H24N4O3S. The van der Waals surface area contributed by atoms with Gasteiger partial charge in [0.15, 0.2) is 0 Å². The summed E-state index contributed by atoms with van der Waals surface area (Å²) >= 11 is 0. The van der Waals surface area contributed by atoms with E-state index in [1.807, 2.05) is 23.1 Å². The highest BCUT2D eigenvalue weighted by molar-refractivity contribution is 7.88. The molecule has 2 aromatic carbocycles. The van der Waals surface area contributed by atoms with Gasteiger partial charge in [-0.3, -0.25) is 9.69 Å². The fraction of sp³-hybridized carbons (Fsp3) is 0.333. The van der Waals surface area contributed by atoms with Crippen LogP contribution in [0.25, 0.3) is 0 Å². The average Bonchev–Trinajstić information content (AvgIpc) is 2.74. The molecule has 0 saturated carbocycles. The summed E-state index contributed by atoms with van der Waals surface area (Å²) in [5, 5.41) is 12.0. The first-order valence-electron chi connectivity index (χ1n) is 9.46. The summed E-state index contributed by atoms with van der Waals surface area (Å²) in [6.07, 6.45) is 0. The maximum Gasteiger partial charge on any atom is 0.241 e. The van der Waals surface area contributed by atoms with Gasteiger partial charge in [-0.1, -0.05) is 42.5 Å². The van der Waals surface area contributed by atoms with Gasteiger partial charge in [0.1, 0.15) is 6.07 Å². The van der Waals surface area contributed by atoms with Crippen molar-refractivity contribution in [3.8, 4) is 6.07 Å². The molecule has 29 heavy (non-hydrogen) atoms. The lowest BCUT2D eigenvalue weighted by molar-refractivity contribution is -0.121. The SMILES string of the molecule is C[C@@H](C(=O)Nc1ccccc1C#N)N1CCN(S(=O)(=O)Cc2ccccc2)CC1. The number of nitrogens with one attached hydrogen (secondary N) is 1. The van der Waals surface area contributed by atoms with Crippen molar-refractivity contribution in [1.82, 2.24) is 9.21 Å². The lowest BCUT2D eigenvalue weighted by Gasteiger charge is -2.36. The second-order valence-electron chi connectivity index (χ2n) is 7.00. The number of nitriles is 1. The first-order valence-corrected chi connectivity index (χ1v) is 11.1. The van der Waals surface area contributed by atoms with Crippen LogP contribution in [-0.2, 0) is 20.6 Å². The number of rotatable bonds is 6. The summed E-state index contributed by atoms with van der Waals surface area (Å²) < 4.78 is 26.8. The molecule has 2 aromatic rings. The summed E-state index contributed by atoms with van der Waals surface area (Å²) in [4.78, 5) is 14.6. The summed E-state index contributed by atoms with van der Waals surface area (Å²) in [7, 11) is -3.39. The van der Waals surface area contributed by atoms with Crippen LogP contribution in [0.15, 0.2) is 54.6 Å². The van der Waals surface area contributed by atoms with Crippen molar-refractivity contribution < 1.29 is 13.2 Å².